The van der Waals surface area contributed by atoms with Crippen molar-refractivity contribution in [2.75, 3.05) is 17.7 Å². The van der Waals surface area contributed by atoms with Crippen LogP contribution < -0.4 is 5.43 Å². The summed E-state index contributed by atoms with van der Waals surface area (Å²) < 4.78 is 30.2. The van der Waals surface area contributed by atoms with Crippen molar-refractivity contribution in [1.29, 1.82) is 0 Å². The van der Waals surface area contributed by atoms with Crippen molar-refractivity contribution < 1.29 is 13.0 Å². The lowest BCUT2D eigenvalue weighted by Crippen LogP contribution is -2.33. The maximum absolute atomic E-state index is 10.7. The van der Waals surface area contributed by atoms with Gasteiger partial charge in [0.25, 0.3) is 10.1 Å². The van der Waals surface area contributed by atoms with E-state index in [0.717, 1.165) is 5.69 Å². The molecule has 124 valence electrons. The molecule has 2 rings (SSSR count). The highest BCUT2D eigenvalue weighted by molar-refractivity contribution is 7.85. The quantitative estimate of drug-likeness (QED) is 0.330. The Bertz CT molecular complexity index is 669. The van der Waals surface area contributed by atoms with E-state index in [4.69, 9.17) is 4.55 Å². The second-order valence-electron chi connectivity index (χ2n) is 5.20. The zero-order chi connectivity index (χ0) is 16.5. The normalized spacial score (nSPS) is 17.8. The van der Waals surface area contributed by atoms with Crippen LogP contribution in [0.25, 0.3) is 0 Å². The molecule has 1 aliphatic heterocycles. The van der Waals surface area contributed by atoms with E-state index in [9.17, 15) is 8.42 Å². The second kappa shape index (κ2) is 8.50. The van der Waals surface area contributed by atoms with Crippen LogP contribution in [0.4, 0.5) is 5.69 Å². The van der Waals surface area contributed by atoms with E-state index in [2.05, 4.69) is 15.4 Å². The number of nitrogens with one attached hydrogen (secondary N) is 1. The Morgan fingerprint density at radius 1 is 1.22 bits per heavy atom. The van der Waals surface area contributed by atoms with Gasteiger partial charge in [0.05, 0.1) is 23.7 Å². The standard InChI is InChI=1S/C16H21N3O3S/c20-23(21,22)13-7-6-12-19-11-5-4-10-16(19)14-17-18-15-8-2-1-3-9-15/h1-5,8-11,14,16,18H,6-7,12-13H2,(H,20,21,22). The number of rotatable bonds is 8. The molecule has 0 amide bonds. The maximum atomic E-state index is 10.7. The minimum Gasteiger partial charge on any atom is -0.366 e. The smallest absolute Gasteiger partial charge is 0.264 e. The minimum absolute atomic E-state index is 0.0157. The molecule has 7 heteroatoms. The van der Waals surface area contributed by atoms with Crippen LogP contribution in [0, 0.1) is 0 Å². The molecule has 2 N–H and O–H groups in total. The first-order valence-electron chi connectivity index (χ1n) is 7.45. The average Bonchev–Trinajstić information content (AvgIpc) is 2.53. The molecule has 1 aliphatic rings. The summed E-state index contributed by atoms with van der Waals surface area (Å²) in [5, 5.41) is 4.25. The van der Waals surface area contributed by atoms with Gasteiger partial charge in [0.15, 0.2) is 0 Å². The second-order valence-corrected chi connectivity index (χ2v) is 6.78. The minimum atomic E-state index is -3.87. The highest BCUT2D eigenvalue weighted by Gasteiger charge is 2.12. The highest BCUT2D eigenvalue weighted by atomic mass is 32.2. The Hall–Kier alpha value is -2.12. The van der Waals surface area contributed by atoms with Crippen LogP contribution >= 0.6 is 0 Å². The van der Waals surface area contributed by atoms with Crippen LogP contribution in [0.2, 0.25) is 0 Å². The largest absolute Gasteiger partial charge is 0.366 e. The van der Waals surface area contributed by atoms with Gasteiger partial charge >= 0.3 is 0 Å². The molecule has 23 heavy (non-hydrogen) atoms. The first-order valence-corrected chi connectivity index (χ1v) is 9.06. The van der Waals surface area contributed by atoms with Crippen LogP contribution in [-0.4, -0.2) is 42.4 Å². The van der Waals surface area contributed by atoms with E-state index in [0.29, 0.717) is 19.4 Å². The number of hydrogen-bond acceptors (Lipinski definition) is 5. The highest BCUT2D eigenvalue weighted by Crippen LogP contribution is 2.10. The predicted octanol–water partition coefficient (Wildman–Crippen LogP) is 2.51. The van der Waals surface area contributed by atoms with Crippen molar-refractivity contribution in [1.82, 2.24) is 4.90 Å². The van der Waals surface area contributed by atoms with Crippen molar-refractivity contribution in [3.05, 3.63) is 54.8 Å². The monoisotopic (exact) mass is 335 g/mol. The molecule has 6 nitrogen and oxygen atoms in total. The first kappa shape index (κ1) is 17.2. The van der Waals surface area contributed by atoms with Crippen molar-refractivity contribution >= 4 is 22.0 Å². The molecule has 1 aromatic rings. The lowest BCUT2D eigenvalue weighted by atomic mass is 10.2. The van der Waals surface area contributed by atoms with Crippen LogP contribution in [0.5, 0.6) is 0 Å². The van der Waals surface area contributed by atoms with Gasteiger partial charge in [-0.25, -0.2) is 0 Å². The summed E-state index contributed by atoms with van der Waals surface area (Å²) >= 11 is 0. The van der Waals surface area contributed by atoms with E-state index < -0.39 is 10.1 Å². The zero-order valence-electron chi connectivity index (χ0n) is 12.7. The van der Waals surface area contributed by atoms with Crippen molar-refractivity contribution in [3.8, 4) is 0 Å². The van der Waals surface area contributed by atoms with Gasteiger partial charge < -0.3 is 4.90 Å². The van der Waals surface area contributed by atoms with Crippen LogP contribution in [0.15, 0.2) is 59.9 Å². The Kier molecular flexibility index (Phi) is 6.37. The van der Waals surface area contributed by atoms with E-state index in [1.54, 1.807) is 6.21 Å². The summed E-state index contributed by atoms with van der Waals surface area (Å²) in [4.78, 5) is 2.07. The van der Waals surface area contributed by atoms with Gasteiger partial charge in [0, 0.05) is 6.54 Å². The van der Waals surface area contributed by atoms with Gasteiger partial charge in [0.2, 0.25) is 0 Å². The number of unbranched alkanes of at least 4 members (excludes halogenated alkanes) is 1. The zero-order valence-corrected chi connectivity index (χ0v) is 13.6. The fraction of sp³-hybridized carbons (Fsp3) is 0.312. The van der Waals surface area contributed by atoms with Crippen LogP contribution in [-0.2, 0) is 10.1 Å². The van der Waals surface area contributed by atoms with Gasteiger partial charge in [-0.05, 0) is 37.3 Å². The third-order valence-electron chi connectivity index (χ3n) is 3.34. The topological polar surface area (TPSA) is 82.0 Å². The summed E-state index contributed by atoms with van der Waals surface area (Å²) in [6.45, 7) is 0.693. The molecule has 0 aliphatic carbocycles. The number of benzene rings is 1. The van der Waals surface area contributed by atoms with E-state index >= 15 is 0 Å². The molecule has 0 saturated carbocycles. The summed E-state index contributed by atoms with van der Waals surface area (Å²) in [6.07, 6.45) is 10.8. The lowest BCUT2D eigenvalue weighted by molar-refractivity contribution is 0.365. The molecule has 1 atom stereocenters. The summed E-state index contributed by atoms with van der Waals surface area (Å²) in [5.74, 6) is -0.200. The van der Waals surface area contributed by atoms with Crippen LogP contribution in [0.1, 0.15) is 12.8 Å². The number of allylic oxidation sites excluding steroid dienone is 2. The van der Waals surface area contributed by atoms with E-state index in [-0.39, 0.29) is 11.8 Å². The molecule has 0 radical (unpaired) electrons. The molecule has 1 unspecified atom stereocenters. The van der Waals surface area contributed by atoms with E-state index in [1.165, 1.54) is 0 Å². The Labute approximate surface area is 136 Å². The van der Waals surface area contributed by atoms with Crippen molar-refractivity contribution in [3.63, 3.8) is 0 Å². The Morgan fingerprint density at radius 2 is 2.00 bits per heavy atom. The molecule has 0 bridgehead atoms. The summed E-state index contributed by atoms with van der Waals surface area (Å²) in [6, 6.07) is 9.69. The molecular formula is C16H21N3O3S. The van der Waals surface area contributed by atoms with Crippen molar-refractivity contribution in [2.24, 2.45) is 5.10 Å². The number of para-hydroxylation sites is 1. The third kappa shape index (κ3) is 6.66. The van der Waals surface area contributed by atoms with E-state index in [1.807, 2.05) is 54.8 Å². The van der Waals surface area contributed by atoms with Crippen molar-refractivity contribution in [2.45, 2.75) is 18.9 Å². The molecule has 1 heterocycles. The van der Waals surface area contributed by atoms with Gasteiger partial charge in [-0.15, -0.1) is 0 Å². The predicted molar refractivity (Wildman–Crippen MR) is 93.0 cm³/mol. The molecule has 0 spiro atoms. The van der Waals surface area contributed by atoms with Gasteiger partial charge in [-0.3, -0.25) is 9.98 Å². The van der Waals surface area contributed by atoms with Gasteiger partial charge in [-0.2, -0.15) is 13.5 Å². The SMILES string of the molecule is O=S(=O)(O)CCCCN1C=CC=CC1C=NNc1ccccc1. The molecular weight excluding hydrogens is 314 g/mol. The summed E-state index contributed by atoms with van der Waals surface area (Å²) in [7, 11) is -3.87. The van der Waals surface area contributed by atoms with Crippen LogP contribution in [0.3, 0.4) is 0 Å². The fourth-order valence-electron chi connectivity index (χ4n) is 2.19. The molecule has 0 saturated heterocycles. The lowest BCUT2D eigenvalue weighted by Gasteiger charge is -2.27. The molecule has 0 fully saturated rings. The third-order valence-corrected chi connectivity index (χ3v) is 4.15. The van der Waals surface area contributed by atoms with Gasteiger partial charge in [0.1, 0.15) is 0 Å². The fourth-order valence-corrected chi connectivity index (χ4v) is 2.76. The Balaban J connectivity index is 1.81. The molecule has 1 aromatic carbocycles. The number of hydrazone groups is 1. The maximum Gasteiger partial charge on any atom is 0.264 e. The number of hydrogen-bond donors (Lipinski definition) is 2. The summed E-state index contributed by atoms with van der Waals surface area (Å²) in [5.41, 5.74) is 3.89. The first-order chi connectivity index (χ1) is 11.0. The van der Waals surface area contributed by atoms with Gasteiger partial charge in [-0.1, -0.05) is 30.4 Å². The average molecular weight is 335 g/mol. The number of anilines is 1. The Morgan fingerprint density at radius 3 is 2.74 bits per heavy atom. The number of nitrogens with zero attached hydrogens (tertiary/aromatic N) is 2. The molecule has 0 aromatic heterocycles.